The molecule has 0 bridgehead atoms. The van der Waals surface area contributed by atoms with E-state index in [1.54, 1.807) is 12.1 Å². The molecule has 150 valence electrons. The van der Waals surface area contributed by atoms with Gasteiger partial charge >= 0.3 is 11.7 Å². The van der Waals surface area contributed by atoms with Gasteiger partial charge in [-0.3, -0.25) is 9.59 Å². The second kappa shape index (κ2) is 8.82. The molecule has 0 aliphatic heterocycles. The van der Waals surface area contributed by atoms with E-state index < -0.39 is 36.5 Å². The van der Waals surface area contributed by atoms with E-state index in [-0.39, 0.29) is 5.89 Å². The average molecular weight is 465 g/mol. The molecule has 0 N–H and O–H groups in total. The van der Waals surface area contributed by atoms with Crippen LogP contribution >= 0.6 is 15.9 Å². The highest BCUT2D eigenvalue weighted by Gasteiger charge is 2.16. The first kappa shape index (κ1) is 20.5. The predicted molar refractivity (Wildman–Crippen MR) is 102 cm³/mol. The Balaban J connectivity index is 1.61. The van der Waals surface area contributed by atoms with E-state index in [1.165, 1.54) is 37.4 Å². The Morgan fingerprint density at radius 1 is 1.21 bits per heavy atom. The molecule has 0 saturated heterocycles. The number of hydrogen-bond donors (Lipinski definition) is 0. The van der Waals surface area contributed by atoms with Crippen molar-refractivity contribution in [1.82, 2.24) is 9.78 Å². The van der Waals surface area contributed by atoms with Crippen molar-refractivity contribution in [3.05, 3.63) is 68.9 Å². The smallest absolute Gasteiger partial charge is 0.437 e. The van der Waals surface area contributed by atoms with E-state index in [4.69, 9.17) is 13.9 Å². The number of halogens is 2. The number of methoxy groups -OCH3 is 1. The molecule has 2 aromatic carbocycles. The maximum Gasteiger partial charge on any atom is 0.437 e. The van der Waals surface area contributed by atoms with Crippen molar-refractivity contribution in [2.24, 2.45) is 0 Å². The van der Waals surface area contributed by atoms with Gasteiger partial charge < -0.3 is 13.9 Å². The van der Waals surface area contributed by atoms with Crippen molar-refractivity contribution in [3.63, 3.8) is 0 Å². The van der Waals surface area contributed by atoms with Gasteiger partial charge in [0.15, 0.2) is 12.4 Å². The zero-order valence-corrected chi connectivity index (χ0v) is 16.6. The highest BCUT2D eigenvalue weighted by Crippen LogP contribution is 2.25. The number of carbonyl (C=O) groups is 2. The summed E-state index contributed by atoms with van der Waals surface area (Å²) in [6, 6.07) is 9.83. The molecule has 1 heterocycles. The van der Waals surface area contributed by atoms with Gasteiger partial charge in [-0.2, -0.15) is 4.68 Å². The summed E-state index contributed by atoms with van der Waals surface area (Å²) in [5, 5.41) is 3.87. The van der Waals surface area contributed by atoms with Crippen molar-refractivity contribution in [2.45, 2.75) is 6.54 Å². The number of carbonyl (C=O) groups excluding carboxylic acids is 2. The maximum absolute atomic E-state index is 13.0. The quantitative estimate of drug-likeness (QED) is 0.391. The number of rotatable bonds is 7. The third-order valence-corrected chi connectivity index (χ3v) is 4.43. The van der Waals surface area contributed by atoms with Gasteiger partial charge in [0.1, 0.15) is 18.1 Å². The second-order valence-corrected chi connectivity index (χ2v) is 6.63. The molecule has 0 aliphatic rings. The fourth-order valence-corrected chi connectivity index (χ4v) is 2.89. The highest BCUT2D eigenvalue weighted by atomic mass is 79.9. The molecular formula is C19H14BrFN2O6. The third kappa shape index (κ3) is 4.96. The zero-order valence-electron chi connectivity index (χ0n) is 15.1. The first-order chi connectivity index (χ1) is 13.9. The Bertz CT molecular complexity index is 1110. The SMILES string of the molecule is COc1ccc(C(=O)COC(=O)Cn2nc(-c3ccc(F)cc3)oc2=O)cc1Br. The number of aromatic nitrogens is 2. The van der Waals surface area contributed by atoms with E-state index in [2.05, 4.69) is 21.0 Å². The van der Waals surface area contributed by atoms with Gasteiger partial charge in [0, 0.05) is 11.1 Å². The number of ketones is 1. The van der Waals surface area contributed by atoms with Crippen LogP contribution in [0.15, 0.2) is 56.1 Å². The summed E-state index contributed by atoms with van der Waals surface area (Å²) in [4.78, 5) is 36.0. The van der Waals surface area contributed by atoms with E-state index in [0.717, 1.165) is 4.68 Å². The molecule has 0 spiro atoms. The lowest BCUT2D eigenvalue weighted by atomic mass is 10.1. The standard InChI is InChI=1S/C19H14BrFN2O6/c1-27-16-7-4-12(8-14(16)20)15(24)10-28-17(25)9-23-19(26)29-18(22-23)11-2-5-13(21)6-3-11/h2-8H,9-10H2,1H3. The Hall–Kier alpha value is -3.27. The number of ether oxygens (including phenoxy) is 2. The third-order valence-electron chi connectivity index (χ3n) is 3.81. The monoisotopic (exact) mass is 464 g/mol. The lowest BCUT2D eigenvalue weighted by molar-refractivity contribution is -0.143. The van der Waals surface area contributed by atoms with Crippen LogP contribution in [0.1, 0.15) is 10.4 Å². The molecule has 0 amide bonds. The topological polar surface area (TPSA) is 101 Å². The number of hydrogen-bond acceptors (Lipinski definition) is 7. The molecule has 1 aromatic heterocycles. The Morgan fingerprint density at radius 2 is 1.93 bits per heavy atom. The van der Waals surface area contributed by atoms with Crippen molar-refractivity contribution >= 4 is 27.7 Å². The van der Waals surface area contributed by atoms with Gasteiger partial charge in [0.25, 0.3) is 0 Å². The summed E-state index contributed by atoms with van der Waals surface area (Å²) in [5.41, 5.74) is 0.693. The van der Waals surface area contributed by atoms with Crippen molar-refractivity contribution in [3.8, 4) is 17.2 Å². The molecule has 0 fully saturated rings. The van der Waals surface area contributed by atoms with Gasteiger partial charge in [-0.15, -0.1) is 5.10 Å². The van der Waals surface area contributed by atoms with Crippen LogP contribution in [-0.4, -0.2) is 35.2 Å². The van der Waals surface area contributed by atoms with Gasteiger partial charge in [0.2, 0.25) is 5.89 Å². The van der Waals surface area contributed by atoms with Crippen LogP contribution < -0.4 is 10.5 Å². The minimum absolute atomic E-state index is 0.0676. The Labute approximate surface area is 172 Å². The zero-order chi connectivity index (χ0) is 21.0. The summed E-state index contributed by atoms with van der Waals surface area (Å²) in [7, 11) is 1.50. The fraction of sp³-hybridized carbons (Fsp3) is 0.158. The number of esters is 1. The van der Waals surface area contributed by atoms with Crippen LogP contribution in [0.3, 0.4) is 0 Å². The Kier molecular flexibility index (Phi) is 6.23. The summed E-state index contributed by atoms with van der Waals surface area (Å²) < 4.78 is 29.3. The number of benzene rings is 2. The van der Waals surface area contributed by atoms with Crippen LogP contribution in [0.2, 0.25) is 0 Å². The normalized spacial score (nSPS) is 10.6. The fourth-order valence-electron chi connectivity index (χ4n) is 2.35. The summed E-state index contributed by atoms with van der Waals surface area (Å²) >= 11 is 3.27. The molecule has 8 nitrogen and oxygen atoms in total. The molecule has 0 radical (unpaired) electrons. The van der Waals surface area contributed by atoms with E-state index in [1.807, 2.05) is 0 Å². The minimum atomic E-state index is -0.883. The molecule has 0 unspecified atom stereocenters. The van der Waals surface area contributed by atoms with Gasteiger partial charge in [-0.05, 0) is 58.4 Å². The Morgan fingerprint density at radius 3 is 2.59 bits per heavy atom. The lowest BCUT2D eigenvalue weighted by Crippen LogP contribution is -2.24. The molecule has 3 rings (SSSR count). The lowest BCUT2D eigenvalue weighted by Gasteiger charge is -2.06. The number of Topliss-reactive ketones (excluding diaryl/α,β-unsaturated/α-hetero) is 1. The minimum Gasteiger partial charge on any atom is -0.496 e. The first-order valence-corrected chi connectivity index (χ1v) is 9.03. The largest absolute Gasteiger partial charge is 0.496 e. The second-order valence-electron chi connectivity index (χ2n) is 5.77. The molecular weight excluding hydrogens is 451 g/mol. The van der Waals surface area contributed by atoms with E-state index in [0.29, 0.717) is 21.3 Å². The van der Waals surface area contributed by atoms with Crippen LogP contribution in [0.4, 0.5) is 4.39 Å². The summed E-state index contributed by atoms with van der Waals surface area (Å²) in [6.07, 6.45) is 0. The van der Waals surface area contributed by atoms with E-state index >= 15 is 0 Å². The number of nitrogens with zero attached hydrogens (tertiary/aromatic N) is 2. The molecule has 0 atom stereocenters. The van der Waals surface area contributed by atoms with Crippen LogP contribution in [0.5, 0.6) is 5.75 Å². The molecule has 0 saturated carbocycles. The van der Waals surface area contributed by atoms with Gasteiger partial charge in [-0.25, -0.2) is 9.18 Å². The van der Waals surface area contributed by atoms with Crippen molar-refractivity contribution in [1.29, 1.82) is 0 Å². The molecule has 0 aliphatic carbocycles. The molecule has 3 aromatic rings. The summed E-state index contributed by atoms with van der Waals surface area (Å²) in [6.45, 7) is -1.04. The van der Waals surface area contributed by atoms with E-state index in [9.17, 15) is 18.8 Å². The average Bonchev–Trinajstić information content (AvgIpc) is 3.06. The molecule has 29 heavy (non-hydrogen) atoms. The van der Waals surface area contributed by atoms with Crippen LogP contribution in [-0.2, 0) is 16.1 Å². The van der Waals surface area contributed by atoms with Gasteiger partial charge in [-0.1, -0.05) is 0 Å². The first-order valence-electron chi connectivity index (χ1n) is 8.23. The van der Waals surface area contributed by atoms with Crippen molar-refractivity contribution < 1.29 is 27.9 Å². The molecule has 10 heteroatoms. The van der Waals surface area contributed by atoms with Crippen LogP contribution in [0, 0.1) is 5.82 Å². The highest BCUT2D eigenvalue weighted by molar-refractivity contribution is 9.10. The van der Waals surface area contributed by atoms with Gasteiger partial charge in [0.05, 0.1) is 11.6 Å². The van der Waals surface area contributed by atoms with Crippen LogP contribution in [0.25, 0.3) is 11.5 Å². The maximum atomic E-state index is 13.0. The predicted octanol–water partition coefficient (Wildman–Crippen LogP) is 2.84. The summed E-state index contributed by atoms with van der Waals surface area (Å²) in [5.74, 6) is -2.12. The van der Waals surface area contributed by atoms with Crippen molar-refractivity contribution in [2.75, 3.05) is 13.7 Å².